The fourth-order valence-electron chi connectivity index (χ4n) is 1.88. The maximum Gasteiger partial charge on any atom is 0.310 e. The monoisotopic (exact) mass is 269 g/mol. The van der Waals surface area contributed by atoms with Crippen LogP contribution in [-0.2, 0) is 25.8 Å². The summed E-state index contributed by atoms with van der Waals surface area (Å²) in [4.78, 5) is 11.6. The highest BCUT2D eigenvalue weighted by Crippen LogP contribution is 2.16. The van der Waals surface area contributed by atoms with Crippen molar-refractivity contribution in [3.8, 4) is 0 Å². The zero-order valence-electron chi connectivity index (χ0n) is 9.83. The van der Waals surface area contributed by atoms with Gasteiger partial charge in [0.15, 0.2) is 9.84 Å². The topological polar surface area (TPSA) is 86.5 Å². The number of anilines is 1. The van der Waals surface area contributed by atoms with Crippen molar-refractivity contribution >= 4 is 21.5 Å². The number of esters is 1. The third-order valence-corrected chi connectivity index (χ3v) is 4.55. The minimum atomic E-state index is -3.01. The second-order valence-electron chi connectivity index (χ2n) is 4.43. The van der Waals surface area contributed by atoms with Gasteiger partial charge in [-0.25, -0.2) is 8.42 Å². The zero-order valence-corrected chi connectivity index (χ0v) is 10.7. The van der Waals surface area contributed by atoms with Crippen LogP contribution in [0, 0.1) is 0 Å². The lowest BCUT2D eigenvalue weighted by Crippen LogP contribution is -2.20. The molecule has 1 heterocycles. The number of hydrogen-bond acceptors (Lipinski definition) is 5. The Morgan fingerprint density at radius 3 is 2.56 bits per heavy atom. The third kappa shape index (κ3) is 3.46. The molecule has 0 amide bonds. The molecule has 1 atom stereocenters. The first-order valence-electron chi connectivity index (χ1n) is 5.69. The van der Waals surface area contributed by atoms with Gasteiger partial charge in [-0.3, -0.25) is 4.79 Å². The lowest BCUT2D eigenvalue weighted by atomic mass is 10.1. The molecule has 98 valence electrons. The fourth-order valence-corrected chi connectivity index (χ4v) is 3.47. The van der Waals surface area contributed by atoms with E-state index in [9.17, 15) is 13.2 Å². The van der Waals surface area contributed by atoms with E-state index >= 15 is 0 Å². The van der Waals surface area contributed by atoms with Crippen LogP contribution in [0.15, 0.2) is 24.3 Å². The highest BCUT2D eigenvalue weighted by Gasteiger charge is 2.30. The second-order valence-corrected chi connectivity index (χ2v) is 6.66. The smallest absolute Gasteiger partial charge is 0.310 e. The first kappa shape index (κ1) is 12.9. The van der Waals surface area contributed by atoms with E-state index in [1.165, 1.54) is 0 Å². The molecule has 1 aromatic carbocycles. The molecule has 1 fully saturated rings. The van der Waals surface area contributed by atoms with E-state index in [1.54, 1.807) is 24.3 Å². The second kappa shape index (κ2) is 4.97. The Kier molecular flexibility index (Phi) is 3.56. The standard InChI is InChI=1S/C12H15NO4S/c13-10-3-1-9(2-4-10)7-12(14)17-11-5-6-18(15,16)8-11/h1-4,11H,5-8,13H2. The molecule has 1 saturated heterocycles. The van der Waals surface area contributed by atoms with E-state index in [0.29, 0.717) is 12.1 Å². The van der Waals surface area contributed by atoms with Gasteiger partial charge < -0.3 is 10.5 Å². The fraction of sp³-hybridized carbons (Fsp3) is 0.417. The van der Waals surface area contributed by atoms with Crippen molar-refractivity contribution < 1.29 is 17.9 Å². The van der Waals surface area contributed by atoms with Crippen LogP contribution in [0.25, 0.3) is 0 Å². The first-order chi connectivity index (χ1) is 8.44. The predicted octanol–water partition coefficient (Wildman–Crippen LogP) is 0.542. The van der Waals surface area contributed by atoms with Crippen LogP contribution < -0.4 is 5.73 Å². The molecule has 0 bridgehead atoms. The number of carbonyl (C=O) groups is 1. The minimum absolute atomic E-state index is 0.0551. The lowest BCUT2D eigenvalue weighted by Gasteiger charge is -2.10. The Labute approximate surface area is 106 Å². The molecular weight excluding hydrogens is 254 g/mol. The molecule has 0 spiro atoms. The molecule has 1 aliphatic heterocycles. The number of benzene rings is 1. The van der Waals surface area contributed by atoms with E-state index in [1.807, 2.05) is 0 Å². The lowest BCUT2D eigenvalue weighted by molar-refractivity contribution is -0.146. The molecule has 0 aromatic heterocycles. The van der Waals surface area contributed by atoms with E-state index in [0.717, 1.165) is 5.56 Å². The van der Waals surface area contributed by atoms with E-state index in [4.69, 9.17) is 10.5 Å². The molecule has 5 nitrogen and oxygen atoms in total. The molecule has 18 heavy (non-hydrogen) atoms. The van der Waals surface area contributed by atoms with Gasteiger partial charge in [-0.15, -0.1) is 0 Å². The molecule has 1 aliphatic rings. The van der Waals surface area contributed by atoms with Crippen molar-refractivity contribution in [1.29, 1.82) is 0 Å². The zero-order chi connectivity index (χ0) is 13.2. The van der Waals surface area contributed by atoms with Gasteiger partial charge in [0.05, 0.1) is 17.9 Å². The number of nitrogen functional groups attached to an aromatic ring is 1. The van der Waals surface area contributed by atoms with Crippen molar-refractivity contribution in [1.82, 2.24) is 0 Å². The van der Waals surface area contributed by atoms with Crippen LogP contribution in [0.3, 0.4) is 0 Å². The Balaban J connectivity index is 1.88. The number of sulfone groups is 1. The van der Waals surface area contributed by atoms with Gasteiger partial charge in [0, 0.05) is 5.69 Å². The average molecular weight is 269 g/mol. The summed E-state index contributed by atoms with van der Waals surface area (Å²) in [5, 5.41) is 0. The quantitative estimate of drug-likeness (QED) is 0.639. The van der Waals surface area contributed by atoms with E-state index in [2.05, 4.69) is 0 Å². The minimum Gasteiger partial charge on any atom is -0.461 e. The molecular formula is C12H15NO4S. The highest BCUT2D eigenvalue weighted by atomic mass is 32.2. The molecule has 0 saturated carbocycles. The SMILES string of the molecule is Nc1ccc(CC(=O)OC2CCS(=O)(=O)C2)cc1. The number of nitrogens with two attached hydrogens (primary N) is 1. The number of carbonyl (C=O) groups excluding carboxylic acids is 1. The van der Waals surface area contributed by atoms with Gasteiger partial charge in [0.25, 0.3) is 0 Å². The van der Waals surface area contributed by atoms with Crippen LogP contribution in [0.2, 0.25) is 0 Å². The van der Waals surface area contributed by atoms with Gasteiger partial charge in [0.1, 0.15) is 6.10 Å². The van der Waals surface area contributed by atoms with Gasteiger partial charge in [-0.1, -0.05) is 12.1 Å². The molecule has 2 N–H and O–H groups in total. The Morgan fingerprint density at radius 2 is 2.00 bits per heavy atom. The Bertz CT molecular complexity index is 536. The van der Waals surface area contributed by atoms with Crippen molar-refractivity contribution in [3.63, 3.8) is 0 Å². The Hall–Kier alpha value is -1.56. The van der Waals surface area contributed by atoms with E-state index in [-0.39, 0.29) is 17.9 Å². The van der Waals surface area contributed by atoms with Gasteiger partial charge in [-0.2, -0.15) is 0 Å². The third-order valence-electron chi connectivity index (χ3n) is 2.82. The summed E-state index contributed by atoms with van der Waals surface area (Å²) >= 11 is 0. The maximum absolute atomic E-state index is 11.6. The summed E-state index contributed by atoms with van der Waals surface area (Å²) in [5.41, 5.74) is 6.97. The van der Waals surface area contributed by atoms with Crippen LogP contribution in [0.1, 0.15) is 12.0 Å². The van der Waals surface area contributed by atoms with Gasteiger partial charge >= 0.3 is 5.97 Å². The predicted molar refractivity (Wildman–Crippen MR) is 67.7 cm³/mol. The normalized spacial score (nSPS) is 21.7. The summed E-state index contributed by atoms with van der Waals surface area (Å²) in [7, 11) is -3.01. The van der Waals surface area contributed by atoms with Crippen LogP contribution in [0.5, 0.6) is 0 Å². The van der Waals surface area contributed by atoms with Gasteiger partial charge in [0.2, 0.25) is 0 Å². The summed E-state index contributed by atoms with van der Waals surface area (Å²) in [6, 6.07) is 6.93. The highest BCUT2D eigenvalue weighted by molar-refractivity contribution is 7.91. The van der Waals surface area contributed by atoms with Crippen LogP contribution >= 0.6 is 0 Å². The molecule has 0 aliphatic carbocycles. The molecule has 6 heteroatoms. The number of ether oxygens (including phenoxy) is 1. The van der Waals surface area contributed by atoms with Crippen molar-refractivity contribution in [2.75, 3.05) is 17.2 Å². The summed E-state index contributed by atoms with van der Waals surface area (Å²) in [6.45, 7) is 0. The first-order valence-corrected chi connectivity index (χ1v) is 7.51. The number of rotatable bonds is 3. The average Bonchev–Trinajstić information content (AvgIpc) is 2.61. The van der Waals surface area contributed by atoms with Crippen molar-refractivity contribution in [2.45, 2.75) is 18.9 Å². The largest absolute Gasteiger partial charge is 0.461 e. The molecule has 0 radical (unpaired) electrons. The summed E-state index contributed by atoms with van der Waals surface area (Å²) in [6.07, 6.45) is 0.0448. The Morgan fingerprint density at radius 1 is 1.33 bits per heavy atom. The van der Waals surface area contributed by atoms with Crippen LogP contribution in [-0.4, -0.2) is 32.0 Å². The maximum atomic E-state index is 11.6. The van der Waals surface area contributed by atoms with E-state index < -0.39 is 21.9 Å². The van der Waals surface area contributed by atoms with Crippen molar-refractivity contribution in [2.24, 2.45) is 0 Å². The summed E-state index contributed by atoms with van der Waals surface area (Å²) in [5.74, 6) is -0.352. The van der Waals surface area contributed by atoms with Gasteiger partial charge in [-0.05, 0) is 24.1 Å². The molecule has 2 rings (SSSR count). The number of hydrogen-bond donors (Lipinski definition) is 1. The van der Waals surface area contributed by atoms with Crippen molar-refractivity contribution in [3.05, 3.63) is 29.8 Å². The van der Waals surface area contributed by atoms with Crippen LogP contribution in [0.4, 0.5) is 5.69 Å². The molecule has 1 unspecified atom stereocenters. The summed E-state index contributed by atoms with van der Waals surface area (Å²) < 4.78 is 27.6. The molecule has 1 aromatic rings.